The number of alkyl halides is 11. The molecule has 0 aromatic rings. The van der Waals surface area contributed by atoms with E-state index in [1.54, 1.807) is 6.92 Å². The number of carbonyl (C=O) groups is 1. The van der Waals surface area contributed by atoms with Crippen LogP contribution < -0.4 is 0 Å². The van der Waals surface area contributed by atoms with E-state index in [1.807, 2.05) is 4.74 Å². The van der Waals surface area contributed by atoms with Gasteiger partial charge >= 0.3 is 36.2 Å². The molecule has 0 aliphatic heterocycles. The van der Waals surface area contributed by atoms with Gasteiger partial charge in [-0.3, -0.25) is 4.74 Å². The van der Waals surface area contributed by atoms with E-state index in [2.05, 4.69) is 4.74 Å². The normalized spacial score (nSPS) is 16.5. The summed E-state index contributed by atoms with van der Waals surface area (Å²) in [6.45, 7) is 0.666. The number of esters is 1. The average molecular weight is 400 g/mol. The van der Waals surface area contributed by atoms with Crippen LogP contribution in [0.3, 0.4) is 0 Å². The molecule has 0 radical (unpaired) electrons. The molecule has 0 saturated carbocycles. The molecule has 0 aliphatic rings. The van der Waals surface area contributed by atoms with Crippen LogP contribution in [0, 0.1) is 0 Å². The Labute approximate surface area is 133 Å². The van der Waals surface area contributed by atoms with Crippen LogP contribution in [0.2, 0.25) is 0 Å². The first-order valence-electron chi connectivity index (χ1n) is 6.39. The van der Waals surface area contributed by atoms with Gasteiger partial charge in [-0.1, -0.05) is 19.8 Å². The fraction of sp³-hybridized carbons (Fsp3) is 0.909. The van der Waals surface area contributed by atoms with Crippen LogP contribution >= 0.6 is 0 Å². The van der Waals surface area contributed by atoms with Gasteiger partial charge in [0.25, 0.3) is 0 Å². The maximum absolute atomic E-state index is 13.6. The molecule has 0 aromatic carbocycles. The molecule has 150 valence electrons. The molecule has 0 spiro atoms. The quantitative estimate of drug-likeness (QED) is 0.335. The molecule has 3 nitrogen and oxygen atoms in total. The topological polar surface area (TPSA) is 35.5 Å². The summed E-state index contributed by atoms with van der Waals surface area (Å²) < 4.78 is 143. The van der Waals surface area contributed by atoms with Crippen LogP contribution in [0.25, 0.3) is 0 Å². The summed E-state index contributed by atoms with van der Waals surface area (Å²) in [5, 5.41) is 0. The minimum atomic E-state index is -7.22. The van der Waals surface area contributed by atoms with Crippen LogP contribution in [0.15, 0.2) is 0 Å². The van der Waals surface area contributed by atoms with E-state index in [0.717, 1.165) is 0 Å². The molecule has 0 rings (SSSR count). The highest BCUT2D eigenvalue weighted by Gasteiger charge is 2.80. The predicted molar refractivity (Wildman–Crippen MR) is 57.4 cm³/mol. The largest absolute Gasteiger partial charge is 0.462 e. The van der Waals surface area contributed by atoms with E-state index in [4.69, 9.17) is 0 Å². The smallest absolute Gasteiger partial charge is 0.461 e. The zero-order valence-electron chi connectivity index (χ0n) is 12.2. The molecule has 0 unspecified atom stereocenters. The van der Waals surface area contributed by atoms with Gasteiger partial charge in [-0.2, -0.15) is 48.3 Å². The van der Waals surface area contributed by atoms with Crippen molar-refractivity contribution in [3.8, 4) is 0 Å². The van der Waals surface area contributed by atoms with Gasteiger partial charge in [-0.15, -0.1) is 0 Å². The van der Waals surface area contributed by atoms with E-state index in [-0.39, 0.29) is 12.8 Å². The molecule has 0 bridgehead atoms. The monoisotopic (exact) mass is 400 g/mol. The number of carbonyl (C=O) groups excluding carboxylic acids is 1. The van der Waals surface area contributed by atoms with Crippen molar-refractivity contribution in [1.82, 2.24) is 0 Å². The van der Waals surface area contributed by atoms with Gasteiger partial charge < -0.3 is 4.74 Å². The third-order valence-electron chi connectivity index (χ3n) is 2.60. The first-order chi connectivity index (χ1) is 10.9. The van der Waals surface area contributed by atoms with Crippen LogP contribution in [-0.2, 0) is 14.3 Å². The number of unbranched alkanes of at least 4 members (excludes halogenated alkanes) is 2. The second-order valence-electron chi connectivity index (χ2n) is 4.63. The first-order valence-corrected chi connectivity index (χ1v) is 6.39. The molecule has 0 N–H and O–H groups in total. The second kappa shape index (κ2) is 7.50. The molecule has 14 heteroatoms. The van der Waals surface area contributed by atoms with Crippen molar-refractivity contribution in [3.05, 3.63) is 0 Å². The van der Waals surface area contributed by atoms with Gasteiger partial charge in [0.05, 0.1) is 6.61 Å². The Bertz CT molecular complexity index is 457. The van der Waals surface area contributed by atoms with Crippen LogP contribution in [0.5, 0.6) is 0 Å². The highest BCUT2D eigenvalue weighted by molar-refractivity contribution is 5.78. The third kappa shape index (κ3) is 5.07. The minimum Gasteiger partial charge on any atom is -0.461 e. The Morgan fingerprint density at radius 1 is 0.800 bits per heavy atom. The van der Waals surface area contributed by atoms with Crippen molar-refractivity contribution in [1.29, 1.82) is 0 Å². The Hall–Kier alpha value is -1.34. The maximum Gasteiger partial charge on any atom is 0.462 e. The van der Waals surface area contributed by atoms with E-state index in [9.17, 15) is 53.1 Å². The summed E-state index contributed by atoms with van der Waals surface area (Å²) in [6, 6.07) is 0. The fourth-order valence-electron chi connectivity index (χ4n) is 1.23. The van der Waals surface area contributed by atoms with Crippen molar-refractivity contribution in [2.24, 2.45) is 0 Å². The molecular formula is C11H11F11O3. The predicted octanol–water partition coefficient (Wildman–Crippen LogP) is 4.75. The molecule has 0 heterocycles. The van der Waals surface area contributed by atoms with Gasteiger partial charge in [0.2, 0.25) is 0 Å². The molecule has 0 aliphatic carbocycles. The maximum atomic E-state index is 13.6. The molecule has 0 saturated heterocycles. The van der Waals surface area contributed by atoms with Crippen molar-refractivity contribution in [2.75, 3.05) is 6.61 Å². The second-order valence-corrected chi connectivity index (χ2v) is 4.63. The summed E-state index contributed by atoms with van der Waals surface area (Å²) in [6.07, 6.45) is -20.3. The number of halogens is 11. The van der Waals surface area contributed by atoms with Crippen molar-refractivity contribution in [3.63, 3.8) is 0 Å². The lowest BCUT2D eigenvalue weighted by Crippen LogP contribution is -2.61. The average Bonchev–Trinajstić information content (AvgIpc) is 2.40. The van der Waals surface area contributed by atoms with Crippen LogP contribution in [0.4, 0.5) is 48.3 Å². The highest BCUT2D eigenvalue weighted by atomic mass is 19.4. The Morgan fingerprint density at radius 2 is 1.28 bits per heavy atom. The summed E-state index contributed by atoms with van der Waals surface area (Å²) >= 11 is 0. The van der Waals surface area contributed by atoms with Gasteiger partial charge in [-0.25, -0.2) is 4.79 Å². The zero-order valence-corrected chi connectivity index (χ0v) is 12.2. The molecule has 0 amide bonds. The zero-order chi connectivity index (χ0) is 20.3. The fourth-order valence-corrected chi connectivity index (χ4v) is 1.23. The first kappa shape index (κ1) is 23.7. The number of hydrogen-bond acceptors (Lipinski definition) is 3. The summed E-state index contributed by atoms with van der Waals surface area (Å²) in [4.78, 5) is 11.0. The molecule has 25 heavy (non-hydrogen) atoms. The Kier molecular flexibility index (Phi) is 7.09. The minimum absolute atomic E-state index is 0.148. The van der Waals surface area contributed by atoms with Crippen molar-refractivity contribution in [2.45, 2.75) is 56.4 Å². The number of ether oxygens (including phenoxy) is 2. The summed E-state index contributed by atoms with van der Waals surface area (Å²) in [5.41, 5.74) is 0. The van der Waals surface area contributed by atoms with Gasteiger partial charge in [0.1, 0.15) is 0 Å². The highest BCUT2D eigenvalue weighted by Crippen LogP contribution is 2.51. The lowest BCUT2D eigenvalue weighted by atomic mass is 10.2. The standard InChI is InChI=1S/C11H11F11O3/c1-2-3-4-5-24-6(23)7(12,9(15,16)17)25-11(21,22)8(13,14)10(18,19)20/h2-5H2,1H3/t7-/m0/s1. The van der Waals surface area contributed by atoms with E-state index >= 15 is 0 Å². The molecule has 0 fully saturated rings. The lowest BCUT2D eigenvalue weighted by molar-refractivity contribution is -0.475. The van der Waals surface area contributed by atoms with Gasteiger partial charge in [-0.05, 0) is 6.42 Å². The van der Waals surface area contributed by atoms with Crippen LogP contribution in [0.1, 0.15) is 26.2 Å². The SMILES string of the molecule is CCCCCOC(=O)[C@](F)(OC(F)(F)C(F)(F)C(F)(F)F)C(F)(F)F. The van der Waals surface area contributed by atoms with E-state index in [1.165, 1.54) is 0 Å². The summed E-state index contributed by atoms with van der Waals surface area (Å²) in [5.74, 6) is -16.7. The molecule has 1 atom stereocenters. The van der Waals surface area contributed by atoms with Gasteiger partial charge in [0, 0.05) is 0 Å². The van der Waals surface area contributed by atoms with Crippen molar-refractivity contribution >= 4 is 5.97 Å². The van der Waals surface area contributed by atoms with Crippen molar-refractivity contribution < 1.29 is 62.6 Å². The Morgan fingerprint density at radius 3 is 1.64 bits per heavy atom. The summed E-state index contributed by atoms with van der Waals surface area (Å²) in [7, 11) is 0. The molecule has 0 aromatic heterocycles. The number of rotatable bonds is 8. The Balaban J connectivity index is 5.59. The van der Waals surface area contributed by atoms with Gasteiger partial charge in [0.15, 0.2) is 0 Å². The molecular weight excluding hydrogens is 389 g/mol. The number of hydrogen-bond donors (Lipinski definition) is 0. The van der Waals surface area contributed by atoms with E-state index < -0.39 is 42.8 Å². The van der Waals surface area contributed by atoms with Crippen LogP contribution in [-0.4, -0.2) is 42.8 Å². The third-order valence-corrected chi connectivity index (χ3v) is 2.60. The lowest BCUT2D eigenvalue weighted by Gasteiger charge is -2.33. The van der Waals surface area contributed by atoms with E-state index in [0.29, 0.717) is 6.42 Å².